The fourth-order valence-corrected chi connectivity index (χ4v) is 3.12. The van der Waals surface area contributed by atoms with Gasteiger partial charge >= 0.3 is 0 Å². The molecule has 1 unspecified atom stereocenters. The molecule has 1 heterocycles. The summed E-state index contributed by atoms with van der Waals surface area (Å²) in [5, 5.41) is 3.11. The number of fused-ring (bicyclic) bond motifs is 1. The van der Waals surface area contributed by atoms with Crippen LogP contribution in [0.1, 0.15) is 23.6 Å². The highest BCUT2D eigenvalue weighted by Gasteiger charge is 2.26. The number of hydrogen-bond donors (Lipinski definition) is 1. The molecule has 2 aromatic carbocycles. The summed E-state index contributed by atoms with van der Waals surface area (Å²) in [6.45, 7) is 0. The van der Waals surface area contributed by atoms with E-state index in [1.165, 1.54) is 0 Å². The van der Waals surface area contributed by atoms with Crippen LogP contribution in [0.3, 0.4) is 0 Å². The maximum Gasteiger partial charge on any atom is 0.147 e. The number of hydrogen-bond acceptors (Lipinski definition) is 2. The molecule has 0 saturated carbocycles. The van der Waals surface area contributed by atoms with Crippen molar-refractivity contribution in [3.05, 3.63) is 57.6 Å². The molecule has 2 aromatic rings. The fourth-order valence-electron chi connectivity index (χ4n) is 2.68. The van der Waals surface area contributed by atoms with Gasteiger partial charge in [-0.15, -0.1) is 0 Å². The number of ether oxygens (including phenoxy) is 1. The Morgan fingerprint density at radius 3 is 2.86 bits per heavy atom. The Hall–Kier alpha value is -1.62. The van der Waals surface area contributed by atoms with Crippen molar-refractivity contribution in [2.75, 3.05) is 12.4 Å². The highest BCUT2D eigenvalue weighted by Crippen LogP contribution is 2.38. The Kier molecular flexibility index (Phi) is 3.85. The number of rotatable bonds is 2. The number of anilines is 1. The Morgan fingerprint density at radius 1 is 1.29 bits per heavy atom. The van der Waals surface area contributed by atoms with E-state index >= 15 is 0 Å². The van der Waals surface area contributed by atoms with Gasteiger partial charge in [0.15, 0.2) is 0 Å². The molecule has 0 bridgehead atoms. The number of benzene rings is 2. The van der Waals surface area contributed by atoms with Crippen LogP contribution in [0.4, 0.5) is 14.5 Å². The van der Waals surface area contributed by atoms with Crippen LogP contribution in [0.15, 0.2) is 34.8 Å². The Labute approximate surface area is 130 Å². The third kappa shape index (κ3) is 2.62. The first-order chi connectivity index (χ1) is 10.1. The van der Waals surface area contributed by atoms with Crippen LogP contribution >= 0.6 is 15.9 Å². The summed E-state index contributed by atoms with van der Waals surface area (Å²) in [6.07, 6.45) is 1.19. The molecule has 21 heavy (non-hydrogen) atoms. The summed E-state index contributed by atoms with van der Waals surface area (Å²) in [5.41, 5.74) is 1.67. The number of halogens is 3. The van der Waals surface area contributed by atoms with Crippen molar-refractivity contribution >= 4 is 21.6 Å². The van der Waals surface area contributed by atoms with Crippen LogP contribution in [0, 0.1) is 11.6 Å². The summed E-state index contributed by atoms with van der Waals surface area (Å²) >= 11 is 3.04. The minimum absolute atomic E-state index is 0.0531. The van der Waals surface area contributed by atoms with E-state index in [0.717, 1.165) is 17.4 Å². The molecule has 1 aliphatic heterocycles. The third-order valence-electron chi connectivity index (χ3n) is 3.77. The van der Waals surface area contributed by atoms with E-state index in [1.807, 2.05) is 24.3 Å². The second kappa shape index (κ2) is 5.64. The van der Waals surface area contributed by atoms with Crippen LogP contribution in [0.5, 0.6) is 5.75 Å². The number of nitrogens with one attached hydrogen (secondary N) is 1. The first kappa shape index (κ1) is 14.3. The smallest absolute Gasteiger partial charge is 0.147 e. The highest BCUT2D eigenvalue weighted by molar-refractivity contribution is 9.10. The average molecular weight is 354 g/mol. The Morgan fingerprint density at radius 2 is 2.10 bits per heavy atom. The second-order valence-corrected chi connectivity index (χ2v) is 5.87. The van der Waals surface area contributed by atoms with E-state index in [-0.39, 0.29) is 22.0 Å². The summed E-state index contributed by atoms with van der Waals surface area (Å²) in [7, 11) is 1.61. The van der Waals surface area contributed by atoms with Crippen molar-refractivity contribution in [2.45, 2.75) is 18.9 Å². The van der Waals surface area contributed by atoms with Gasteiger partial charge in [-0.1, -0.05) is 12.1 Å². The van der Waals surface area contributed by atoms with Gasteiger partial charge in [0.2, 0.25) is 0 Å². The summed E-state index contributed by atoms with van der Waals surface area (Å²) in [5.74, 6) is -0.0728. The predicted molar refractivity (Wildman–Crippen MR) is 81.7 cm³/mol. The first-order valence-corrected chi connectivity index (χ1v) is 7.46. The van der Waals surface area contributed by atoms with Gasteiger partial charge in [0.1, 0.15) is 17.4 Å². The average Bonchev–Trinajstić information content (AvgIpc) is 2.52. The first-order valence-electron chi connectivity index (χ1n) is 6.67. The normalized spacial score (nSPS) is 17.0. The van der Waals surface area contributed by atoms with E-state index < -0.39 is 5.82 Å². The van der Waals surface area contributed by atoms with Crippen LogP contribution in [-0.4, -0.2) is 7.11 Å². The van der Waals surface area contributed by atoms with Crippen molar-refractivity contribution in [1.82, 2.24) is 0 Å². The quantitative estimate of drug-likeness (QED) is 0.780. The molecule has 0 aromatic heterocycles. The molecule has 1 aliphatic rings. The van der Waals surface area contributed by atoms with Crippen LogP contribution in [-0.2, 0) is 6.42 Å². The van der Waals surface area contributed by atoms with Gasteiger partial charge in [0.25, 0.3) is 0 Å². The molecule has 1 N–H and O–H groups in total. The molecule has 0 saturated heterocycles. The van der Waals surface area contributed by atoms with Crippen LogP contribution < -0.4 is 10.1 Å². The van der Waals surface area contributed by atoms with Gasteiger partial charge in [0, 0.05) is 5.56 Å². The molecular formula is C16H14BrF2NO. The molecule has 1 atom stereocenters. The Balaban J connectivity index is 1.96. The summed E-state index contributed by atoms with van der Waals surface area (Å²) < 4.78 is 33.5. The topological polar surface area (TPSA) is 21.3 Å². The molecule has 5 heteroatoms. The van der Waals surface area contributed by atoms with Crippen molar-refractivity contribution in [3.63, 3.8) is 0 Å². The van der Waals surface area contributed by atoms with Gasteiger partial charge < -0.3 is 10.1 Å². The maximum absolute atomic E-state index is 14.1. The SMILES string of the molecule is COc1cccc(C2CCc3c(F)c(Br)cc(F)c3N2)c1. The monoisotopic (exact) mass is 353 g/mol. The zero-order valence-corrected chi connectivity index (χ0v) is 13.0. The minimum Gasteiger partial charge on any atom is -0.497 e. The van der Waals surface area contributed by atoms with Crippen LogP contribution in [0.2, 0.25) is 0 Å². The van der Waals surface area contributed by atoms with Gasteiger partial charge in [-0.3, -0.25) is 0 Å². The number of methoxy groups -OCH3 is 1. The lowest BCUT2D eigenvalue weighted by Crippen LogP contribution is -2.20. The van der Waals surface area contributed by atoms with Crippen molar-refractivity contribution in [2.24, 2.45) is 0 Å². The zero-order chi connectivity index (χ0) is 15.0. The molecule has 0 radical (unpaired) electrons. The summed E-state index contributed by atoms with van der Waals surface area (Å²) in [6, 6.07) is 8.73. The molecule has 110 valence electrons. The van der Waals surface area contributed by atoms with Gasteiger partial charge in [-0.2, -0.15) is 0 Å². The predicted octanol–water partition coefficient (Wildman–Crippen LogP) is 4.84. The lowest BCUT2D eigenvalue weighted by Gasteiger charge is -2.28. The maximum atomic E-state index is 14.1. The molecule has 0 fully saturated rings. The van der Waals surface area contributed by atoms with Gasteiger partial charge in [0.05, 0.1) is 23.3 Å². The van der Waals surface area contributed by atoms with E-state index in [1.54, 1.807) is 7.11 Å². The van der Waals surface area contributed by atoms with Crippen LogP contribution in [0.25, 0.3) is 0 Å². The molecule has 3 rings (SSSR count). The van der Waals surface area contributed by atoms with E-state index in [2.05, 4.69) is 21.2 Å². The molecule has 2 nitrogen and oxygen atoms in total. The van der Waals surface area contributed by atoms with E-state index in [4.69, 9.17) is 4.74 Å². The van der Waals surface area contributed by atoms with Gasteiger partial charge in [-0.25, -0.2) is 8.78 Å². The van der Waals surface area contributed by atoms with E-state index in [9.17, 15) is 8.78 Å². The summed E-state index contributed by atoms with van der Waals surface area (Å²) in [4.78, 5) is 0. The molecule has 0 aliphatic carbocycles. The molecular weight excluding hydrogens is 340 g/mol. The highest BCUT2D eigenvalue weighted by atomic mass is 79.9. The second-order valence-electron chi connectivity index (χ2n) is 5.02. The largest absolute Gasteiger partial charge is 0.497 e. The van der Waals surface area contributed by atoms with E-state index in [0.29, 0.717) is 18.4 Å². The van der Waals surface area contributed by atoms with Crippen molar-refractivity contribution in [3.8, 4) is 5.75 Å². The lowest BCUT2D eigenvalue weighted by molar-refractivity contribution is 0.413. The Bertz CT molecular complexity index is 690. The molecule has 0 amide bonds. The van der Waals surface area contributed by atoms with Crippen molar-refractivity contribution < 1.29 is 13.5 Å². The van der Waals surface area contributed by atoms with Gasteiger partial charge in [-0.05, 0) is 52.5 Å². The third-order valence-corrected chi connectivity index (χ3v) is 4.34. The standard InChI is InChI=1S/C16H14BrF2NO/c1-21-10-4-2-3-9(7-10)14-6-5-11-15(19)12(17)8-13(18)16(11)20-14/h2-4,7-8,14,20H,5-6H2,1H3. The fraction of sp³-hybridized carbons (Fsp3) is 0.250. The zero-order valence-electron chi connectivity index (χ0n) is 11.4. The minimum atomic E-state index is -0.439. The van der Waals surface area contributed by atoms with Crippen molar-refractivity contribution in [1.29, 1.82) is 0 Å². The lowest BCUT2D eigenvalue weighted by atomic mass is 9.93. The molecule has 0 spiro atoms.